The summed E-state index contributed by atoms with van der Waals surface area (Å²) in [6.45, 7) is 0.492. The predicted molar refractivity (Wildman–Crippen MR) is 45.6 cm³/mol. The molecule has 0 spiro atoms. The Morgan fingerprint density at radius 3 is 2.83 bits per heavy atom. The van der Waals surface area contributed by atoms with Crippen molar-refractivity contribution in [2.45, 2.75) is 31.3 Å². The minimum Gasteiger partial charge on any atom is -0.469 e. The van der Waals surface area contributed by atoms with Gasteiger partial charge in [-0.3, -0.25) is 4.79 Å². The van der Waals surface area contributed by atoms with Crippen LogP contribution in [-0.2, 0) is 9.53 Å². The van der Waals surface area contributed by atoms with Crippen molar-refractivity contribution in [3.8, 4) is 0 Å². The molecule has 1 fully saturated rings. The highest BCUT2D eigenvalue weighted by Gasteiger charge is 2.25. The van der Waals surface area contributed by atoms with Gasteiger partial charge in [0, 0.05) is 18.6 Å². The maximum Gasteiger partial charge on any atom is 0.307 e. The van der Waals surface area contributed by atoms with Crippen LogP contribution in [0.25, 0.3) is 0 Å². The molecule has 0 saturated heterocycles. The van der Waals surface area contributed by atoms with Crippen LogP contribution < -0.4 is 11.1 Å². The summed E-state index contributed by atoms with van der Waals surface area (Å²) in [6, 6.07) is 0.674. The van der Waals surface area contributed by atoms with Crippen molar-refractivity contribution >= 4 is 5.97 Å². The van der Waals surface area contributed by atoms with Gasteiger partial charge in [0.05, 0.1) is 13.5 Å². The number of hydrogen-bond donors (Lipinski definition) is 2. The molecule has 0 aromatic rings. The summed E-state index contributed by atoms with van der Waals surface area (Å²) in [7, 11) is 1.40. The lowest BCUT2D eigenvalue weighted by molar-refractivity contribution is -0.141. The van der Waals surface area contributed by atoms with E-state index in [4.69, 9.17) is 5.73 Å². The van der Waals surface area contributed by atoms with Crippen LogP contribution in [0.2, 0.25) is 0 Å². The number of esters is 1. The molecule has 3 N–H and O–H groups in total. The molecule has 1 aliphatic rings. The SMILES string of the molecule is COC(=O)CC(CN)NC1CC1. The molecular formula is C8H16N2O2. The van der Waals surface area contributed by atoms with Gasteiger partial charge in [-0.15, -0.1) is 0 Å². The van der Waals surface area contributed by atoms with Crippen LogP contribution in [0.15, 0.2) is 0 Å². The number of carbonyl (C=O) groups excluding carboxylic acids is 1. The molecule has 0 heterocycles. The number of methoxy groups -OCH3 is 1. The number of ether oxygens (including phenoxy) is 1. The summed E-state index contributed by atoms with van der Waals surface area (Å²) >= 11 is 0. The Morgan fingerprint density at radius 1 is 1.75 bits per heavy atom. The first kappa shape index (κ1) is 9.48. The molecule has 4 heteroatoms. The van der Waals surface area contributed by atoms with Crippen molar-refractivity contribution in [3.05, 3.63) is 0 Å². The Balaban J connectivity index is 2.18. The quantitative estimate of drug-likeness (QED) is 0.555. The third-order valence-electron chi connectivity index (χ3n) is 1.97. The second-order valence-electron chi connectivity index (χ2n) is 3.15. The highest BCUT2D eigenvalue weighted by molar-refractivity contribution is 5.69. The summed E-state index contributed by atoms with van der Waals surface area (Å²) in [5.41, 5.74) is 5.48. The molecule has 0 bridgehead atoms. The lowest BCUT2D eigenvalue weighted by Gasteiger charge is -2.14. The molecule has 0 aromatic heterocycles. The summed E-state index contributed by atoms with van der Waals surface area (Å²) in [4.78, 5) is 10.9. The van der Waals surface area contributed by atoms with E-state index in [0.29, 0.717) is 19.0 Å². The molecule has 4 nitrogen and oxygen atoms in total. The van der Waals surface area contributed by atoms with E-state index in [0.717, 1.165) is 0 Å². The smallest absolute Gasteiger partial charge is 0.307 e. The molecular weight excluding hydrogens is 156 g/mol. The average Bonchev–Trinajstić information content (AvgIpc) is 2.86. The second kappa shape index (κ2) is 4.42. The van der Waals surface area contributed by atoms with E-state index in [1.807, 2.05) is 0 Å². The minimum absolute atomic E-state index is 0.0879. The Morgan fingerprint density at radius 2 is 2.42 bits per heavy atom. The van der Waals surface area contributed by atoms with E-state index in [-0.39, 0.29) is 12.0 Å². The molecule has 0 aliphatic heterocycles. The summed E-state index contributed by atoms with van der Waals surface area (Å²) in [5.74, 6) is -0.196. The summed E-state index contributed by atoms with van der Waals surface area (Å²) < 4.78 is 4.55. The first-order valence-corrected chi connectivity index (χ1v) is 4.29. The number of carbonyl (C=O) groups is 1. The van der Waals surface area contributed by atoms with Gasteiger partial charge in [-0.25, -0.2) is 0 Å². The standard InChI is InChI=1S/C8H16N2O2/c1-12-8(11)4-7(5-9)10-6-2-3-6/h6-7,10H,2-5,9H2,1H3. The van der Waals surface area contributed by atoms with E-state index in [2.05, 4.69) is 10.1 Å². The van der Waals surface area contributed by atoms with Crippen LogP contribution in [0.4, 0.5) is 0 Å². The first-order valence-electron chi connectivity index (χ1n) is 4.29. The number of hydrogen-bond acceptors (Lipinski definition) is 4. The van der Waals surface area contributed by atoms with Gasteiger partial charge in [-0.2, -0.15) is 0 Å². The monoisotopic (exact) mass is 172 g/mol. The normalized spacial score (nSPS) is 18.8. The fourth-order valence-electron chi connectivity index (χ4n) is 1.08. The zero-order valence-corrected chi connectivity index (χ0v) is 7.38. The van der Waals surface area contributed by atoms with Crippen LogP contribution in [0.1, 0.15) is 19.3 Å². The van der Waals surface area contributed by atoms with Crippen molar-refractivity contribution < 1.29 is 9.53 Å². The topological polar surface area (TPSA) is 64.3 Å². The third kappa shape index (κ3) is 3.19. The van der Waals surface area contributed by atoms with Gasteiger partial charge >= 0.3 is 5.97 Å². The van der Waals surface area contributed by atoms with E-state index in [1.54, 1.807) is 0 Å². The van der Waals surface area contributed by atoms with Crippen LogP contribution in [0.3, 0.4) is 0 Å². The van der Waals surface area contributed by atoms with Gasteiger partial charge < -0.3 is 15.8 Å². The lowest BCUT2D eigenvalue weighted by Crippen LogP contribution is -2.39. The largest absolute Gasteiger partial charge is 0.469 e. The Hall–Kier alpha value is -0.610. The maximum absolute atomic E-state index is 10.9. The van der Waals surface area contributed by atoms with Gasteiger partial charge in [-0.05, 0) is 12.8 Å². The van der Waals surface area contributed by atoms with E-state index in [1.165, 1.54) is 20.0 Å². The number of nitrogens with two attached hydrogens (primary N) is 1. The van der Waals surface area contributed by atoms with E-state index >= 15 is 0 Å². The molecule has 0 aromatic carbocycles. The van der Waals surface area contributed by atoms with Gasteiger partial charge in [-0.1, -0.05) is 0 Å². The molecule has 70 valence electrons. The molecule has 1 rings (SSSR count). The van der Waals surface area contributed by atoms with Gasteiger partial charge in [0.1, 0.15) is 0 Å². The van der Waals surface area contributed by atoms with E-state index < -0.39 is 0 Å². The molecule has 1 unspecified atom stereocenters. The zero-order valence-electron chi connectivity index (χ0n) is 7.38. The highest BCUT2D eigenvalue weighted by atomic mass is 16.5. The highest BCUT2D eigenvalue weighted by Crippen LogP contribution is 2.19. The molecule has 1 aliphatic carbocycles. The number of rotatable bonds is 5. The molecule has 0 radical (unpaired) electrons. The first-order chi connectivity index (χ1) is 5.76. The van der Waals surface area contributed by atoms with Crippen LogP contribution in [0, 0.1) is 0 Å². The molecule has 0 amide bonds. The Bertz CT molecular complexity index is 157. The second-order valence-corrected chi connectivity index (χ2v) is 3.15. The van der Waals surface area contributed by atoms with Crippen LogP contribution >= 0.6 is 0 Å². The predicted octanol–water partition coefficient (Wildman–Crippen LogP) is -0.371. The average molecular weight is 172 g/mol. The van der Waals surface area contributed by atoms with Crippen LogP contribution in [-0.4, -0.2) is 31.7 Å². The van der Waals surface area contributed by atoms with Crippen molar-refractivity contribution in [2.75, 3.05) is 13.7 Å². The van der Waals surface area contributed by atoms with Gasteiger partial charge in [0.15, 0.2) is 0 Å². The lowest BCUT2D eigenvalue weighted by atomic mass is 10.2. The van der Waals surface area contributed by atoms with E-state index in [9.17, 15) is 4.79 Å². The molecule has 12 heavy (non-hydrogen) atoms. The third-order valence-corrected chi connectivity index (χ3v) is 1.97. The Kier molecular flexibility index (Phi) is 3.49. The molecule has 1 saturated carbocycles. The molecule has 1 atom stereocenters. The number of nitrogens with one attached hydrogen (secondary N) is 1. The van der Waals surface area contributed by atoms with Crippen molar-refractivity contribution in [2.24, 2.45) is 5.73 Å². The minimum atomic E-state index is -0.196. The fourth-order valence-corrected chi connectivity index (χ4v) is 1.08. The summed E-state index contributed by atoms with van der Waals surface area (Å²) in [6.07, 6.45) is 2.79. The van der Waals surface area contributed by atoms with Crippen molar-refractivity contribution in [3.63, 3.8) is 0 Å². The van der Waals surface area contributed by atoms with Crippen molar-refractivity contribution in [1.29, 1.82) is 0 Å². The maximum atomic E-state index is 10.9. The Labute approximate surface area is 72.5 Å². The fraction of sp³-hybridized carbons (Fsp3) is 0.875. The van der Waals surface area contributed by atoms with Gasteiger partial charge in [0.25, 0.3) is 0 Å². The van der Waals surface area contributed by atoms with Crippen molar-refractivity contribution in [1.82, 2.24) is 5.32 Å². The summed E-state index contributed by atoms with van der Waals surface area (Å²) in [5, 5.41) is 3.28. The van der Waals surface area contributed by atoms with Crippen LogP contribution in [0.5, 0.6) is 0 Å². The zero-order chi connectivity index (χ0) is 8.97. The van der Waals surface area contributed by atoms with Gasteiger partial charge in [0.2, 0.25) is 0 Å².